The molecule has 0 radical (unpaired) electrons. The van der Waals surface area contributed by atoms with Crippen LogP contribution in [-0.4, -0.2) is 25.8 Å². The Morgan fingerprint density at radius 1 is 1.23 bits per heavy atom. The van der Waals surface area contributed by atoms with Crippen LogP contribution in [-0.2, 0) is 10.0 Å². The van der Waals surface area contributed by atoms with Crippen molar-refractivity contribution in [3.05, 3.63) is 72.0 Å². The summed E-state index contributed by atoms with van der Waals surface area (Å²) in [5, 5.41) is 0. The van der Waals surface area contributed by atoms with Gasteiger partial charge in [-0.15, -0.1) is 5.73 Å². The van der Waals surface area contributed by atoms with Crippen LogP contribution in [0, 0.1) is 6.92 Å². The fourth-order valence-electron chi connectivity index (χ4n) is 1.76. The van der Waals surface area contributed by atoms with Gasteiger partial charge in [0.2, 0.25) is 10.0 Å². The van der Waals surface area contributed by atoms with E-state index in [1.54, 1.807) is 48.6 Å². The van der Waals surface area contributed by atoms with Crippen molar-refractivity contribution in [2.75, 3.05) is 13.1 Å². The van der Waals surface area contributed by atoms with E-state index in [0.29, 0.717) is 11.4 Å². The van der Waals surface area contributed by atoms with Gasteiger partial charge >= 0.3 is 0 Å². The van der Waals surface area contributed by atoms with E-state index in [2.05, 4.69) is 12.3 Å². The molecule has 0 saturated carbocycles. The molecule has 1 aromatic rings. The molecule has 0 aromatic heterocycles. The Morgan fingerprint density at radius 2 is 1.86 bits per heavy atom. The number of allylic oxidation sites excluding steroid dienone is 2. The van der Waals surface area contributed by atoms with Crippen LogP contribution in [0.5, 0.6) is 0 Å². The Hall–Kier alpha value is -1.87. The van der Waals surface area contributed by atoms with Crippen molar-refractivity contribution in [1.82, 2.24) is 4.31 Å². The van der Waals surface area contributed by atoms with Crippen molar-refractivity contribution < 1.29 is 8.42 Å². The fourth-order valence-corrected chi connectivity index (χ4v) is 3.09. The molecule has 1 aromatic carbocycles. The summed E-state index contributed by atoms with van der Waals surface area (Å²) >= 11 is 0. The van der Waals surface area contributed by atoms with Gasteiger partial charge in [-0.3, -0.25) is 0 Å². The summed E-state index contributed by atoms with van der Waals surface area (Å²) in [5.74, 6) is 0. The van der Waals surface area contributed by atoms with Crippen LogP contribution in [0.3, 0.4) is 0 Å². The quantitative estimate of drug-likeness (QED) is 0.566. The fraction of sp³-hybridized carbons (Fsp3) is 0.278. The predicted octanol–water partition coefficient (Wildman–Crippen LogP) is 3.85. The minimum atomic E-state index is -3.53. The largest absolute Gasteiger partial charge is 0.243 e. The van der Waals surface area contributed by atoms with Gasteiger partial charge in [-0.05, 0) is 44.6 Å². The van der Waals surface area contributed by atoms with Gasteiger partial charge in [-0.1, -0.05) is 42.5 Å². The maximum absolute atomic E-state index is 12.7. The first kappa shape index (κ1) is 18.2. The van der Waals surface area contributed by atoms with Gasteiger partial charge in [0, 0.05) is 13.1 Å². The molecule has 0 aliphatic rings. The van der Waals surface area contributed by atoms with Gasteiger partial charge in [0.05, 0.1) is 4.90 Å². The van der Waals surface area contributed by atoms with E-state index < -0.39 is 10.0 Å². The van der Waals surface area contributed by atoms with Crippen molar-refractivity contribution in [2.45, 2.75) is 25.7 Å². The Morgan fingerprint density at radius 3 is 2.41 bits per heavy atom. The molecule has 0 spiro atoms. The molecule has 0 N–H and O–H groups in total. The number of hydrogen-bond acceptors (Lipinski definition) is 2. The normalized spacial score (nSPS) is 11.5. The molecular formula is C18H23NO2S. The smallest absolute Gasteiger partial charge is 0.207 e. The third-order valence-electron chi connectivity index (χ3n) is 2.93. The van der Waals surface area contributed by atoms with E-state index >= 15 is 0 Å². The summed E-state index contributed by atoms with van der Waals surface area (Å²) in [4.78, 5) is 0.302. The van der Waals surface area contributed by atoms with Gasteiger partial charge < -0.3 is 0 Å². The lowest BCUT2D eigenvalue weighted by atomic mass is 10.2. The second-order valence-electron chi connectivity index (χ2n) is 5.15. The van der Waals surface area contributed by atoms with Crippen molar-refractivity contribution in [3.63, 3.8) is 0 Å². The molecule has 0 unspecified atom stereocenters. The molecule has 1 rings (SSSR count). The Balaban J connectivity index is 3.11. The highest BCUT2D eigenvalue weighted by molar-refractivity contribution is 7.89. The van der Waals surface area contributed by atoms with Gasteiger partial charge in [-0.25, -0.2) is 8.42 Å². The standard InChI is InChI=1S/C18H23NO2S/c1-5-6-7-14-19(15-8-9-16(2)3)22(20,21)18-12-10-17(4)11-13-18/h5-8,10-13H,1,14-15H2,2-4H3/b7-6-. The number of sulfonamides is 1. The summed E-state index contributed by atoms with van der Waals surface area (Å²) in [7, 11) is -3.53. The SMILES string of the molecule is C=C/C=C\CN(CC=C=C(C)C)S(=O)(=O)c1ccc(C)cc1. The highest BCUT2D eigenvalue weighted by atomic mass is 32.2. The summed E-state index contributed by atoms with van der Waals surface area (Å²) in [5.41, 5.74) is 5.08. The van der Waals surface area contributed by atoms with E-state index in [4.69, 9.17) is 0 Å². The van der Waals surface area contributed by atoms with Gasteiger partial charge in [0.25, 0.3) is 0 Å². The minimum Gasteiger partial charge on any atom is -0.207 e. The second-order valence-corrected chi connectivity index (χ2v) is 7.09. The van der Waals surface area contributed by atoms with Crippen LogP contribution in [0.4, 0.5) is 0 Å². The van der Waals surface area contributed by atoms with Crippen LogP contribution in [0.15, 0.2) is 71.3 Å². The lowest BCUT2D eigenvalue weighted by Crippen LogP contribution is -2.31. The van der Waals surface area contributed by atoms with Crippen LogP contribution >= 0.6 is 0 Å². The van der Waals surface area contributed by atoms with Crippen LogP contribution in [0.1, 0.15) is 19.4 Å². The average Bonchev–Trinajstić information content (AvgIpc) is 2.46. The molecule has 0 aliphatic heterocycles. The van der Waals surface area contributed by atoms with Crippen LogP contribution in [0.2, 0.25) is 0 Å². The molecule has 0 aliphatic carbocycles. The first-order valence-electron chi connectivity index (χ1n) is 7.10. The molecule has 0 amide bonds. The van der Waals surface area contributed by atoms with Crippen LogP contribution in [0.25, 0.3) is 0 Å². The third-order valence-corrected chi connectivity index (χ3v) is 4.77. The van der Waals surface area contributed by atoms with Crippen molar-refractivity contribution >= 4 is 10.0 Å². The summed E-state index contributed by atoms with van der Waals surface area (Å²) in [6.45, 7) is 9.95. The molecule has 0 heterocycles. The first-order valence-corrected chi connectivity index (χ1v) is 8.54. The van der Waals surface area contributed by atoms with E-state index in [0.717, 1.165) is 11.1 Å². The van der Waals surface area contributed by atoms with Gasteiger partial charge in [0.15, 0.2) is 0 Å². The van der Waals surface area contributed by atoms with Crippen molar-refractivity contribution in [2.24, 2.45) is 0 Å². The van der Waals surface area contributed by atoms with E-state index in [1.165, 1.54) is 4.31 Å². The summed E-state index contributed by atoms with van der Waals surface area (Å²) in [6.07, 6.45) is 6.88. The molecule has 118 valence electrons. The maximum Gasteiger partial charge on any atom is 0.243 e. The zero-order chi connectivity index (χ0) is 16.6. The number of aryl methyl sites for hydroxylation is 1. The molecular weight excluding hydrogens is 294 g/mol. The summed E-state index contributed by atoms with van der Waals surface area (Å²) in [6, 6.07) is 6.88. The zero-order valence-electron chi connectivity index (χ0n) is 13.4. The van der Waals surface area contributed by atoms with E-state index in [-0.39, 0.29) is 6.54 Å². The Bertz CT molecular complexity index is 687. The van der Waals surface area contributed by atoms with E-state index in [9.17, 15) is 8.42 Å². The van der Waals surface area contributed by atoms with Gasteiger partial charge in [-0.2, -0.15) is 4.31 Å². The lowest BCUT2D eigenvalue weighted by Gasteiger charge is -2.19. The predicted molar refractivity (Wildman–Crippen MR) is 92.2 cm³/mol. The monoisotopic (exact) mass is 317 g/mol. The lowest BCUT2D eigenvalue weighted by molar-refractivity contribution is 0.474. The van der Waals surface area contributed by atoms with Gasteiger partial charge in [0.1, 0.15) is 0 Å². The third kappa shape index (κ3) is 5.49. The van der Waals surface area contributed by atoms with Crippen molar-refractivity contribution in [3.8, 4) is 0 Å². The average molecular weight is 317 g/mol. The zero-order valence-corrected chi connectivity index (χ0v) is 14.2. The number of nitrogens with zero attached hydrogens (tertiary/aromatic N) is 1. The Kier molecular flexibility index (Phi) is 7.06. The number of benzene rings is 1. The highest BCUT2D eigenvalue weighted by Gasteiger charge is 2.22. The number of hydrogen-bond donors (Lipinski definition) is 0. The van der Waals surface area contributed by atoms with E-state index in [1.807, 2.05) is 20.8 Å². The molecule has 4 heteroatoms. The van der Waals surface area contributed by atoms with Crippen LogP contribution < -0.4 is 0 Å². The Labute approximate surface area is 134 Å². The van der Waals surface area contributed by atoms with Crippen molar-refractivity contribution in [1.29, 1.82) is 0 Å². The maximum atomic E-state index is 12.7. The first-order chi connectivity index (χ1) is 10.4. The topological polar surface area (TPSA) is 37.4 Å². The molecule has 0 saturated heterocycles. The number of rotatable bonds is 7. The second kappa shape index (κ2) is 8.54. The highest BCUT2D eigenvalue weighted by Crippen LogP contribution is 2.16. The summed E-state index contributed by atoms with van der Waals surface area (Å²) < 4.78 is 26.9. The molecule has 22 heavy (non-hydrogen) atoms. The molecule has 3 nitrogen and oxygen atoms in total. The molecule has 0 fully saturated rings. The molecule has 0 bridgehead atoms. The minimum absolute atomic E-state index is 0.281. The molecule has 0 atom stereocenters.